The van der Waals surface area contributed by atoms with Crippen molar-refractivity contribution in [2.75, 3.05) is 32.7 Å². The van der Waals surface area contributed by atoms with Gasteiger partial charge >= 0.3 is 6.03 Å². The van der Waals surface area contributed by atoms with Crippen LogP contribution in [0.4, 0.5) is 4.79 Å². The lowest BCUT2D eigenvalue weighted by molar-refractivity contribution is -0.123. The summed E-state index contributed by atoms with van der Waals surface area (Å²) in [7, 11) is 0. The van der Waals surface area contributed by atoms with Gasteiger partial charge in [-0.2, -0.15) is 0 Å². The van der Waals surface area contributed by atoms with Crippen LogP contribution < -0.4 is 11.1 Å². The van der Waals surface area contributed by atoms with Gasteiger partial charge in [-0.05, 0) is 38.0 Å². The maximum absolute atomic E-state index is 12.4. The van der Waals surface area contributed by atoms with Gasteiger partial charge in [0.25, 0.3) is 0 Å². The molecule has 1 unspecified atom stereocenters. The second-order valence-electron chi connectivity index (χ2n) is 7.51. The van der Waals surface area contributed by atoms with Gasteiger partial charge in [0.2, 0.25) is 5.91 Å². The lowest BCUT2D eigenvalue weighted by Crippen LogP contribution is -2.49. The molecule has 1 atom stereocenters. The summed E-state index contributed by atoms with van der Waals surface area (Å²) in [4.78, 5) is 27.9. The average molecular weight is 322 g/mol. The summed E-state index contributed by atoms with van der Waals surface area (Å²) < 4.78 is 0. The van der Waals surface area contributed by atoms with E-state index in [0.29, 0.717) is 25.9 Å². The molecule has 1 aliphatic carbocycles. The molecule has 0 aromatic heterocycles. The molecule has 3 amide bonds. The van der Waals surface area contributed by atoms with Gasteiger partial charge in [-0.25, -0.2) is 4.79 Å². The third-order valence-electron chi connectivity index (χ3n) is 5.78. The van der Waals surface area contributed by atoms with Crippen molar-refractivity contribution in [2.45, 2.75) is 51.0 Å². The molecule has 23 heavy (non-hydrogen) atoms. The highest BCUT2D eigenvalue weighted by Crippen LogP contribution is 2.26. The molecule has 3 N–H and O–H groups in total. The molecule has 0 spiro atoms. The summed E-state index contributed by atoms with van der Waals surface area (Å²) in [5.74, 6) is 0.577. The van der Waals surface area contributed by atoms with Crippen molar-refractivity contribution in [3.05, 3.63) is 0 Å². The maximum Gasteiger partial charge on any atom is 0.317 e. The van der Waals surface area contributed by atoms with Crippen molar-refractivity contribution in [3.63, 3.8) is 0 Å². The summed E-state index contributed by atoms with van der Waals surface area (Å²) in [6.45, 7) is 4.57. The SMILES string of the molecule is NC(=O)C1CCN(C(=O)NC2CCN(CC3CCCC3)C2)CC1. The zero-order valence-corrected chi connectivity index (χ0v) is 14.0. The Balaban J connectivity index is 1.38. The summed E-state index contributed by atoms with van der Waals surface area (Å²) in [5, 5.41) is 3.18. The molecule has 2 heterocycles. The fourth-order valence-corrected chi connectivity index (χ4v) is 4.31. The van der Waals surface area contributed by atoms with E-state index >= 15 is 0 Å². The molecule has 6 heteroatoms. The number of hydrogen-bond acceptors (Lipinski definition) is 3. The molecular formula is C17H30N4O2. The first-order valence-electron chi connectivity index (χ1n) is 9.19. The van der Waals surface area contributed by atoms with Gasteiger partial charge in [-0.15, -0.1) is 0 Å². The number of nitrogens with one attached hydrogen (secondary N) is 1. The van der Waals surface area contributed by atoms with E-state index in [-0.39, 0.29) is 23.9 Å². The fraction of sp³-hybridized carbons (Fsp3) is 0.882. The number of primary amides is 1. The zero-order chi connectivity index (χ0) is 16.2. The first-order valence-corrected chi connectivity index (χ1v) is 9.19. The molecule has 3 fully saturated rings. The molecule has 0 bridgehead atoms. The second kappa shape index (κ2) is 7.51. The first kappa shape index (κ1) is 16.6. The van der Waals surface area contributed by atoms with E-state index in [9.17, 15) is 9.59 Å². The molecule has 3 aliphatic rings. The Hall–Kier alpha value is -1.30. The number of carbonyl (C=O) groups is 2. The lowest BCUT2D eigenvalue weighted by atomic mass is 9.96. The number of carbonyl (C=O) groups excluding carboxylic acids is 2. The van der Waals surface area contributed by atoms with Crippen molar-refractivity contribution in [2.24, 2.45) is 17.6 Å². The minimum Gasteiger partial charge on any atom is -0.369 e. The Kier molecular flexibility index (Phi) is 5.41. The largest absolute Gasteiger partial charge is 0.369 e. The number of hydrogen-bond donors (Lipinski definition) is 2. The van der Waals surface area contributed by atoms with Crippen molar-refractivity contribution in [1.29, 1.82) is 0 Å². The third-order valence-corrected chi connectivity index (χ3v) is 5.78. The van der Waals surface area contributed by atoms with Crippen molar-refractivity contribution in [1.82, 2.24) is 15.1 Å². The van der Waals surface area contributed by atoms with Crippen LogP contribution in [0.2, 0.25) is 0 Å². The van der Waals surface area contributed by atoms with Gasteiger partial charge in [-0.3, -0.25) is 4.79 Å². The highest BCUT2D eigenvalue weighted by Gasteiger charge is 2.30. The quantitative estimate of drug-likeness (QED) is 0.815. The first-order chi connectivity index (χ1) is 11.1. The molecular weight excluding hydrogens is 292 g/mol. The zero-order valence-electron chi connectivity index (χ0n) is 14.0. The Bertz CT molecular complexity index is 428. The number of piperidine rings is 1. The predicted molar refractivity (Wildman–Crippen MR) is 88.8 cm³/mol. The van der Waals surface area contributed by atoms with E-state index in [1.54, 1.807) is 0 Å². The molecule has 130 valence electrons. The maximum atomic E-state index is 12.4. The number of amides is 3. The van der Waals surface area contributed by atoms with E-state index in [2.05, 4.69) is 10.2 Å². The van der Waals surface area contributed by atoms with Crippen LogP contribution in [-0.4, -0.2) is 60.5 Å². The van der Waals surface area contributed by atoms with E-state index in [1.165, 1.54) is 32.2 Å². The van der Waals surface area contributed by atoms with Crippen LogP contribution in [-0.2, 0) is 4.79 Å². The Morgan fingerprint density at radius 2 is 1.70 bits per heavy atom. The van der Waals surface area contributed by atoms with Gasteiger partial charge in [0.15, 0.2) is 0 Å². The van der Waals surface area contributed by atoms with Crippen LogP contribution in [0.1, 0.15) is 44.9 Å². The number of nitrogens with zero attached hydrogens (tertiary/aromatic N) is 2. The minimum atomic E-state index is -0.233. The number of rotatable bonds is 4. The van der Waals surface area contributed by atoms with Gasteiger partial charge in [0, 0.05) is 44.7 Å². The third kappa shape index (κ3) is 4.37. The van der Waals surface area contributed by atoms with Crippen LogP contribution in [0.25, 0.3) is 0 Å². The highest BCUT2D eigenvalue weighted by atomic mass is 16.2. The molecule has 0 radical (unpaired) electrons. The van der Waals surface area contributed by atoms with E-state index in [1.807, 2.05) is 4.90 Å². The molecule has 6 nitrogen and oxygen atoms in total. The Morgan fingerprint density at radius 3 is 2.35 bits per heavy atom. The minimum absolute atomic E-state index is 0.0284. The summed E-state index contributed by atoms with van der Waals surface area (Å²) in [6.07, 6.45) is 7.98. The highest BCUT2D eigenvalue weighted by molar-refractivity contribution is 5.78. The van der Waals surface area contributed by atoms with E-state index in [4.69, 9.17) is 5.73 Å². The van der Waals surface area contributed by atoms with E-state index in [0.717, 1.165) is 25.4 Å². The summed E-state index contributed by atoms with van der Waals surface area (Å²) >= 11 is 0. The Morgan fingerprint density at radius 1 is 1.00 bits per heavy atom. The second-order valence-corrected chi connectivity index (χ2v) is 7.51. The van der Waals surface area contributed by atoms with Crippen molar-refractivity contribution < 1.29 is 9.59 Å². The van der Waals surface area contributed by atoms with Crippen molar-refractivity contribution in [3.8, 4) is 0 Å². The standard InChI is InChI=1S/C17H30N4O2/c18-16(22)14-5-9-21(10-6-14)17(23)19-15-7-8-20(12-15)11-13-3-1-2-4-13/h13-15H,1-12H2,(H2,18,22)(H,19,23). The van der Waals surface area contributed by atoms with Crippen LogP contribution in [0.15, 0.2) is 0 Å². The number of urea groups is 1. The van der Waals surface area contributed by atoms with E-state index < -0.39 is 0 Å². The molecule has 2 aliphatic heterocycles. The topological polar surface area (TPSA) is 78.7 Å². The van der Waals surface area contributed by atoms with Gasteiger partial charge in [-0.1, -0.05) is 12.8 Å². The summed E-state index contributed by atoms with van der Waals surface area (Å²) in [6, 6.07) is 0.304. The molecule has 3 rings (SSSR count). The molecule has 0 aromatic rings. The smallest absolute Gasteiger partial charge is 0.317 e. The van der Waals surface area contributed by atoms with Crippen LogP contribution in [0.3, 0.4) is 0 Å². The predicted octanol–water partition coefficient (Wildman–Crippen LogP) is 1.16. The van der Waals surface area contributed by atoms with Gasteiger partial charge in [0.1, 0.15) is 0 Å². The Labute approximate surface area is 138 Å². The fourth-order valence-electron chi connectivity index (χ4n) is 4.31. The summed E-state index contributed by atoms with van der Waals surface area (Å²) in [5.41, 5.74) is 5.34. The monoisotopic (exact) mass is 322 g/mol. The van der Waals surface area contributed by atoms with Crippen LogP contribution in [0, 0.1) is 11.8 Å². The van der Waals surface area contributed by atoms with Gasteiger partial charge in [0.05, 0.1) is 0 Å². The average Bonchev–Trinajstić information content (AvgIpc) is 3.20. The number of likely N-dealkylation sites (tertiary alicyclic amines) is 2. The number of nitrogens with two attached hydrogens (primary N) is 1. The van der Waals surface area contributed by atoms with Gasteiger partial charge < -0.3 is 20.9 Å². The molecule has 0 aromatic carbocycles. The molecule has 1 saturated carbocycles. The van der Waals surface area contributed by atoms with Crippen LogP contribution in [0.5, 0.6) is 0 Å². The molecule has 2 saturated heterocycles. The van der Waals surface area contributed by atoms with Crippen LogP contribution >= 0.6 is 0 Å². The normalized spacial score (nSPS) is 27.5. The lowest BCUT2D eigenvalue weighted by Gasteiger charge is -2.31. The van der Waals surface area contributed by atoms with Crippen molar-refractivity contribution >= 4 is 11.9 Å².